The Morgan fingerprint density at radius 3 is 1.87 bits per heavy atom. The van der Waals surface area contributed by atoms with E-state index in [0.29, 0.717) is 0 Å². The van der Waals surface area contributed by atoms with Crippen LogP contribution in [0.4, 0.5) is 0 Å². The van der Waals surface area contributed by atoms with Crippen molar-refractivity contribution in [2.45, 2.75) is 72.1 Å². The first-order valence-electron chi connectivity index (χ1n) is 13.9. The number of rotatable bonds is 1. The van der Waals surface area contributed by atoms with Crippen LogP contribution in [0.1, 0.15) is 68.4 Å². The Kier molecular flexibility index (Phi) is 4.85. The number of aryl methyl sites for hydroxylation is 3. The van der Waals surface area contributed by atoms with Gasteiger partial charge in [-0.1, -0.05) is 69.7 Å². The molecule has 0 amide bonds. The summed E-state index contributed by atoms with van der Waals surface area (Å²) in [5.74, 6) is 3.75. The smallest absolute Gasteiger partial charge is 0.260 e. The van der Waals surface area contributed by atoms with Gasteiger partial charge in [0.25, 0.3) is 6.71 Å². The summed E-state index contributed by atoms with van der Waals surface area (Å²) >= 11 is 0. The van der Waals surface area contributed by atoms with E-state index in [4.69, 9.17) is 9.47 Å². The molecule has 4 aromatic carbocycles. The van der Waals surface area contributed by atoms with E-state index < -0.39 is 0 Å². The van der Waals surface area contributed by atoms with E-state index in [1.807, 2.05) is 0 Å². The van der Waals surface area contributed by atoms with Crippen molar-refractivity contribution in [1.29, 1.82) is 0 Å². The lowest BCUT2D eigenvalue weighted by atomic mass is 9.34. The highest BCUT2D eigenvalue weighted by molar-refractivity contribution is 6.98. The molecule has 0 bridgehead atoms. The molecule has 2 nitrogen and oxygen atoms in total. The van der Waals surface area contributed by atoms with Crippen LogP contribution < -0.4 is 25.9 Å². The summed E-state index contributed by atoms with van der Waals surface area (Å²) < 4.78 is 13.5. The van der Waals surface area contributed by atoms with Gasteiger partial charge < -0.3 is 9.47 Å². The summed E-state index contributed by atoms with van der Waals surface area (Å²) in [5.41, 5.74) is 13.0. The normalized spacial score (nSPS) is 17.4. The molecule has 0 radical (unpaired) electrons. The molecule has 190 valence electrons. The highest BCUT2D eigenvalue weighted by Gasteiger charge is 2.44. The summed E-state index contributed by atoms with van der Waals surface area (Å²) in [7, 11) is 0. The molecule has 0 N–H and O–H groups in total. The number of hydrogen-bond acceptors (Lipinski definition) is 2. The molecule has 0 fully saturated rings. The van der Waals surface area contributed by atoms with Gasteiger partial charge in [-0.15, -0.1) is 0 Å². The Balaban J connectivity index is 1.50. The summed E-state index contributed by atoms with van der Waals surface area (Å²) in [4.78, 5) is 0. The second-order valence-corrected chi connectivity index (χ2v) is 13.0. The molecule has 2 aliphatic heterocycles. The lowest BCUT2D eigenvalue weighted by Gasteiger charge is -2.43. The van der Waals surface area contributed by atoms with Crippen molar-refractivity contribution >= 4 is 23.1 Å². The average Bonchev–Trinajstić information content (AvgIpc) is 2.85. The molecule has 3 aliphatic rings. The SMILES string of the molecule is Cc1cc(C)c(-c2cc3c4c(c2)Oc2cc5c(cc2B4c2ccccc2O3)C(C)(C)CCC5(C)C)c(C)c1. The standard InChI is InChI=1S/C35H35BO2/c1-20-14-21(2)32(22(3)15-20)23-16-30-33-31(17-23)38-29-19-25-24(34(4,5)12-13-35(25,6)7)18-27(29)36(33)26-10-8-9-11-28(26)37-30/h8-11,14-19H,12-13H2,1-7H3. The van der Waals surface area contributed by atoms with E-state index in [1.54, 1.807) is 0 Å². The molecule has 0 atom stereocenters. The van der Waals surface area contributed by atoms with Crippen molar-refractivity contribution in [3.63, 3.8) is 0 Å². The highest BCUT2D eigenvalue weighted by Crippen LogP contribution is 2.48. The number of para-hydroxylation sites is 1. The largest absolute Gasteiger partial charge is 0.458 e. The fourth-order valence-electron chi connectivity index (χ4n) is 7.29. The topological polar surface area (TPSA) is 18.5 Å². The van der Waals surface area contributed by atoms with Crippen LogP contribution in [0, 0.1) is 20.8 Å². The van der Waals surface area contributed by atoms with E-state index >= 15 is 0 Å². The second-order valence-electron chi connectivity index (χ2n) is 13.0. The van der Waals surface area contributed by atoms with Crippen molar-refractivity contribution < 1.29 is 9.47 Å². The van der Waals surface area contributed by atoms with Crippen molar-refractivity contribution in [1.82, 2.24) is 0 Å². The molecule has 38 heavy (non-hydrogen) atoms. The van der Waals surface area contributed by atoms with E-state index in [-0.39, 0.29) is 17.5 Å². The van der Waals surface area contributed by atoms with Gasteiger partial charge in [-0.25, -0.2) is 0 Å². The summed E-state index contributed by atoms with van der Waals surface area (Å²) in [6.07, 6.45) is 2.38. The van der Waals surface area contributed by atoms with Gasteiger partial charge in [0, 0.05) is 5.46 Å². The molecule has 3 heteroatoms. The molecule has 0 saturated heterocycles. The predicted octanol–water partition coefficient (Wildman–Crippen LogP) is 7.36. The Morgan fingerprint density at radius 2 is 1.21 bits per heavy atom. The van der Waals surface area contributed by atoms with Crippen LogP contribution in [-0.2, 0) is 10.8 Å². The third-order valence-corrected chi connectivity index (χ3v) is 9.32. The maximum Gasteiger partial charge on any atom is 0.260 e. The zero-order valence-corrected chi connectivity index (χ0v) is 23.6. The van der Waals surface area contributed by atoms with Crippen LogP contribution >= 0.6 is 0 Å². The van der Waals surface area contributed by atoms with Crippen LogP contribution in [0.15, 0.2) is 60.7 Å². The number of benzene rings is 4. The molecule has 1 aliphatic carbocycles. The Labute approximate surface area is 227 Å². The molecule has 2 heterocycles. The molecule has 0 saturated carbocycles. The maximum atomic E-state index is 6.85. The van der Waals surface area contributed by atoms with Gasteiger partial charge in [0.2, 0.25) is 0 Å². The summed E-state index contributed by atoms with van der Waals surface area (Å²) in [5, 5.41) is 0. The molecule has 0 unspecified atom stereocenters. The van der Waals surface area contributed by atoms with Gasteiger partial charge in [0.1, 0.15) is 23.0 Å². The van der Waals surface area contributed by atoms with Gasteiger partial charge in [-0.3, -0.25) is 0 Å². The predicted molar refractivity (Wildman–Crippen MR) is 159 cm³/mol. The minimum atomic E-state index is 0.0918. The minimum absolute atomic E-state index is 0.0918. The van der Waals surface area contributed by atoms with Gasteiger partial charge in [0.15, 0.2) is 0 Å². The molecule has 0 spiro atoms. The van der Waals surface area contributed by atoms with Crippen LogP contribution in [0.3, 0.4) is 0 Å². The molecular formula is C35H35BO2. The molecule has 0 aromatic heterocycles. The van der Waals surface area contributed by atoms with Gasteiger partial charge in [0.05, 0.1) is 0 Å². The monoisotopic (exact) mass is 498 g/mol. The third kappa shape index (κ3) is 3.33. The first-order chi connectivity index (χ1) is 18.0. The van der Waals surface area contributed by atoms with E-state index in [2.05, 4.69) is 109 Å². The Bertz CT molecular complexity index is 1640. The third-order valence-electron chi connectivity index (χ3n) is 9.32. The number of hydrogen-bond donors (Lipinski definition) is 0. The number of fused-ring (bicyclic) bond motifs is 5. The van der Waals surface area contributed by atoms with Crippen LogP contribution in [-0.4, -0.2) is 6.71 Å². The van der Waals surface area contributed by atoms with E-state index in [1.165, 1.54) is 57.1 Å². The van der Waals surface area contributed by atoms with E-state index in [9.17, 15) is 0 Å². The minimum Gasteiger partial charge on any atom is -0.458 e. The lowest BCUT2D eigenvalue weighted by Crippen LogP contribution is -2.58. The summed E-state index contributed by atoms with van der Waals surface area (Å²) in [6, 6.07) is 22.3. The van der Waals surface area contributed by atoms with Crippen molar-refractivity contribution in [2.24, 2.45) is 0 Å². The number of ether oxygens (including phenoxy) is 2. The Morgan fingerprint density at radius 1 is 0.632 bits per heavy atom. The van der Waals surface area contributed by atoms with Gasteiger partial charge in [-0.05, 0) is 113 Å². The van der Waals surface area contributed by atoms with Crippen LogP contribution in [0.2, 0.25) is 0 Å². The quantitative estimate of drug-likeness (QED) is 0.221. The van der Waals surface area contributed by atoms with Crippen LogP contribution in [0.25, 0.3) is 11.1 Å². The zero-order chi connectivity index (χ0) is 26.6. The average molecular weight is 498 g/mol. The van der Waals surface area contributed by atoms with Crippen molar-refractivity contribution in [3.05, 3.63) is 88.5 Å². The Hall–Kier alpha value is -3.46. The molecular weight excluding hydrogens is 463 g/mol. The first-order valence-corrected chi connectivity index (χ1v) is 13.9. The lowest BCUT2D eigenvalue weighted by molar-refractivity contribution is 0.330. The zero-order valence-electron chi connectivity index (χ0n) is 23.6. The summed E-state index contributed by atoms with van der Waals surface area (Å²) in [6.45, 7) is 16.2. The molecule has 4 aromatic rings. The van der Waals surface area contributed by atoms with E-state index in [0.717, 1.165) is 34.0 Å². The maximum absolute atomic E-state index is 6.85. The van der Waals surface area contributed by atoms with Gasteiger partial charge in [-0.2, -0.15) is 0 Å². The van der Waals surface area contributed by atoms with Crippen molar-refractivity contribution in [2.75, 3.05) is 0 Å². The van der Waals surface area contributed by atoms with Crippen molar-refractivity contribution in [3.8, 4) is 34.1 Å². The fraction of sp³-hybridized carbons (Fsp3) is 0.314. The highest BCUT2D eigenvalue weighted by atomic mass is 16.5. The first kappa shape index (κ1) is 23.6. The van der Waals surface area contributed by atoms with Gasteiger partial charge >= 0.3 is 0 Å². The fourth-order valence-corrected chi connectivity index (χ4v) is 7.29. The molecule has 7 rings (SSSR count). The second kappa shape index (κ2) is 7.79. The van der Waals surface area contributed by atoms with Crippen LogP contribution in [0.5, 0.6) is 23.0 Å².